The second kappa shape index (κ2) is 5.47. The molecule has 3 nitrogen and oxygen atoms in total. The first-order chi connectivity index (χ1) is 7.84. The zero-order valence-corrected chi connectivity index (χ0v) is 9.44. The number of nitrogens with zero attached hydrogens (tertiary/aromatic N) is 1. The van der Waals surface area contributed by atoms with Crippen LogP contribution in [0.15, 0.2) is 40.9 Å². The molecule has 0 aromatic carbocycles. The maximum atomic E-state index is 5.46. The van der Waals surface area contributed by atoms with Crippen LogP contribution in [0.3, 0.4) is 0 Å². The molecule has 2 rings (SSSR count). The van der Waals surface area contributed by atoms with Crippen LogP contribution in [0.5, 0.6) is 0 Å². The maximum absolute atomic E-state index is 5.46. The van der Waals surface area contributed by atoms with E-state index in [1.165, 1.54) is 0 Å². The van der Waals surface area contributed by atoms with E-state index in [1.807, 2.05) is 43.5 Å². The first-order valence-corrected chi connectivity index (χ1v) is 5.50. The summed E-state index contributed by atoms with van der Waals surface area (Å²) >= 11 is 0. The van der Waals surface area contributed by atoms with E-state index in [2.05, 4.69) is 10.3 Å². The quantitative estimate of drug-likeness (QED) is 0.779. The summed E-state index contributed by atoms with van der Waals surface area (Å²) in [6.45, 7) is 3.65. The minimum absolute atomic E-state index is 0.778. The lowest BCUT2D eigenvalue weighted by Crippen LogP contribution is -2.16. The van der Waals surface area contributed by atoms with Crippen LogP contribution >= 0.6 is 0 Å². The van der Waals surface area contributed by atoms with Crippen molar-refractivity contribution in [3.63, 3.8) is 0 Å². The van der Waals surface area contributed by atoms with Gasteiger partial charge in [-0.15, -0.1) is 0 Å². The minimum Gasteiger partial charge on any atom is -0.465 e. The van der Waals surface area contributed by atoms with E-state index in [-0.39, 0.29) is 0 Å². The SMILES string of the molecule is Cc1ccc(CNCCc2ccccn2)o1. The van der Waals surface area contributed by atoms with E-state index < -0.39 is 0 Å². The summed E-state index contributed by atoms with van der Waals surface area (Å²) in [7, 11) is 0. The van der Waals surface area contributed by atoms with Crippen LogP contribution in [0.1, 0.15) is 17.2 Å². The van der Waals surface area contributed by atoms with Crippen LogP contribution in [0.25, 0.3) is 0 Å². The van der Waals surface area contributed by atoms with Gasteiger partial charge in [-0.25, -0.2) is 0 Å². The first kappa shape index (κ1) is 10.9. The van der Waals surface area contributed by atoms with Gasteiger partial charge in [0.1, 0.15) is 11.5 Å². The number of furan rings is 1. The number of nitrogens with one attached hydrogen (secondary N) is 1. The molecule has 0 radical (unpaired) electrons. The predicted octanol–water partition coefficient (Wildman–Crippen LogP) is 2.32. The molecule has 3 heteroatoms. The zero-order valence-electron chi connectivity index (χ0n) is 9.44. The van der Waals surface area contributed by atoms with Crippen molar-refractivity contribution in [2.75, 3.05) is 6.54 Å². The lowest BCUT2D eigenvalue weighted by Gasteiger charge is -2.02. The van der Waals surface area contributed by atoms with E-state index in [4.69, 9.17) is 4.42 Å². The van der Waals surface area contributed by atoms with Gasteiger partial charge in [0.25, 0.3) is 0 Å². The van der Waals surface area contributed by atoms with Gasteiger partial charge in [-0.2, -0.15) is 0 Å². The van der Waals surface area contributed by atoms with Gasteiger partial charge in [0, 0.05) is 24.9 Å². The Hall–Kier alpha value is -1.61. The van der Waals surface area contributed by atoms with Gasteiger partial charge in [-0.1, -0.05) is 6.07 Å². The van der Waals surface area contributed by atoms with Gasteiger partial charge in [0.2, 0.25) is 0 Å². The average molecular weight is 216 g/mol. The Kier molecular flexibility index (Phi) is 3.72. The van der Waals surface area contributed by atoms with Gasteiger partial charge in [0.05, 0.1) is 6.54 Å². The van der Waals surface area contributed by atoms with Crippen LogP contribution in [0.4, 0.5) is 0 Å². The van der Waals surface area contributed by atoms with Crippen LogP contribution < -0.4 is 5.32 Å². The third-order valence-electron chi connectivity index (χ3n) is 2.38. The van der Waals surface area contributed by atoms with Crippen LogP contribution in [0.2, 0.25) is 0 Å². The fraction of sp³-hybridized carbons (Fsp3) is 0.308. The van der Waals surface area contributed by atoms with Gasteiger partial charge in [-0.3, -0.25) is 4.98 Å². The topological polar surface area (TPSA) is 38.1 Å². The molecule has 2 heterocycles. The highest BCUT2D eigenvalue weighted by Gasteiger charge is 1.98. The van der Waals surface area contributed by atoms with Crippen molar-refractivity contribution in [3.8, 4) is 0 Å². The molecule has 0 fully saturated rings. The summed E-state index contributed by atoms with van der Waals surface area (Å²) in [5.74, 6) is 1.94. The number of aromatic nitrogens is 1. The lowest BCUT2D eigenvalue weighted by atomic mass is 10.3. The van der Waals surface area contributed by atoms with Gasteiger partial charge >= 0.3 is 0 Å². The number of aryl methyl sites for hydroxylation is 1. The van der Waals surface area contributed by atoms with E-state index in [0.29, 0.717) is 0 Å². The monoisotopic (exact) mass is 216 g/mol. The molecule has 0 spiro atoms. The Bertz CT molecular complexity index is 423. The minimum atomic E-state index is 0.778. The zero-order chi connectivity index (χ0) is 11.2. The molecular formula is C13H16N2O. The van der Waals surface area contributed by atoms with Crippen molar-refractivity contribution < 1.29 is 4.42 Å². The number of rotatable bonds is 5. The molecule has 0 amide bonds. The van der Waals surface area contributed by atoms with Crippen molar-refractivity contribution in [1.82, 2.24) is 10.3 Å². The molecule has 2 aromatic heterocycles. The number of hydrogen-bond donors (Lipinski definition) is 1. The maximum Gasteiger partial charge on any atom is 0.117 e. The van der Waals surface area contributed by atoms with E-state index >= 15 is 0 Å². The molecule has 0 saturated carbocycles. The molecule has 0 aliphatic heterocycles. The third kappa shape index (κ3) is 3.21. The second-order valence-electron chi connectivity index (χ2n) is 3.76. The van der Waals surface area contributed by atoms with Crippen molar-refractivity contribution in [3.05, 3.63) is 53.7 Å². The summed E-state index contributed by atoms with van der Waals surface area (Å²) in [6, 6.07) is 9.97. The highest BCUT2D eigenvalue weighted by molar-refractivity contribution is 5.06. The Morgan fingerprint density at radius 1 is 1.25 bits per heavy atom. The molecule has 84 valence electrons. The predicted molar refractivity (Wildman–Crippen MR) is 63.1 cm³/mol. The van der Waals surface area contributed by atoms with Crippen molar-refractivity contribution >= 4 is 0 Å². The highest BCUT2D eigenvalue weighted by Crippen LogP contribution is 2.05. The molecule has 0 aliphatic carbocycles. The largest absolute Gasteiger partial charge is 0.465 e. The molecule has 2 aromatic rings. The standard InChI is InChI=1S/C13H16N2O/c1-11-5-6-13(16-11)10-14-9-7-12-4-2-3-8-15-12/h2-6,8,14H,7,9-10H2,1H3. The molecule has 0 unspecified atom stereocenters. The van der Waals surface area contributed by atoms with E-state index in [9.17, 15) is 0 Å². The van der Waals surface area contributed by atoms with Crippen molar-refractivity contribution in [1.29, 1.82) is 0 Å². The molecule has 0 saturated heterocycles. The van der Waals surface area contributed by atoms with E-state index in [1.54, 1.807) is 0 Å². The number of hydrogen-bond acceptors (Lipinski definition) is 3. The van der Waals surface area contributed by atoms with E-state index in [0.717, 1.165) is 36.7 Å². The second-order valence-corrected chi connectivity index (χ2v) is 3.76. The smallest absolute Gasteiger partial charge is 0.117 e. The van der Waals surface area contributed by atoms with Gasteiger partial charge in [0.15, 0.2) is 0 Å². The molecular weight excluding hydrogens is 200 g/mol. The molecule has 1 N–H and O–H groups in total. The van der Waals surface area contributed by atoms with Gasteiger partial charge in [-0.05, 0) is 31.2 Å². The summed E-state index contributed by atoms with van der Waals surface area (Å²) in [6.07, 6.45) is 2.77. The lowest BCUT2D eigenvalue weighted by molar-refractivity contribution is 0.462. The highest BCUT2D eigenvalue weighted by atomic mass is 16.3. The first-order valence-electron chi connectivity index (χ1n) is 5.50. The van der Waals surface area contributed by atoms with Crippen LogP contribution in [-0.4, -0.2) is 11.5 Å². The summed E-state index contributed by atoms with van der Waals surface area (Å²) in [4.78, 5) is 4.26. The molecule has 16 heavy (non-hydrogen) atoms. The normalized spacial score (nSPS) is 10.6. The molecule has 0 atom stereocenters. The average Bonchev–Trinajstić information content (AvgIpc) is 2.72. The summed E-state index contributed by atoms with van der Waals surface area (Å²) in [5.41, 5.74) is 1.12. The summed E-state index contributed by atoms with van der Waals surface area (Å²) in [5, 5.41) is 3.33. The Balaban J connectivity index is 1.69. The molecule has 0 bridgehead atoms. The Morgan fingerprint density at radius 2 is 2.19 bits per heavy atom. The summed E-state index contributed by atoms with van der Waals surface area (Å²) < 4.78 is 5.46. The Morgan fingerprint density at radius 3 is 2.88 bits per heavy atom. The Labute approximate surface area is 95.5 Å². The van der Waals surface area contributed by atoms with Crippen molar-refractivity contribution in [2.24, 2.45) is 0 Å². The third-order valence-corrected chi connectivity index (χ3v) is 2.38. The fourth-order valence-corrected chi connectivity index (χ4v) is 1.55. The fourth-order valence-electron chi connectivity index (χ4n) is 1.55. The number of pyridine rings is 1. The van der Waals surface area contributed by atoms with Crippen LogP contribution in [0, 0.1) is 6.92 Å². The molecule has 0 aliphatic rings. The van der Waals surface area contributed by atoms with Gasteiger partial charge < -0.3 is 9.73 Å². The van der Waals surface area contributed by atoms with Crippen LogP contribution in [-0.2, 0) is 13.0 Å². The van der Waals surface area contributed by atoms with Crippen molar-refractivity contribution in [2.45, 2.75) is 19.9 Å².